The monoisotopic (exact) mass is 315 g/mol. The van der Waals surface area contributed by atoms with Gasteiger partial charge in [0.2, 0.25) is 5.91 Å². The Morgan fingerprint density at radius 3 is 2.33 bits per heavy atom. The van der Waals surface area contributed by atoms with Gasteiger partial charge < -0.3 is 11.1 Å². The molecule has 0 aliphatic carbocycles. The van der Waals surface area contributed by atoms with Crippen LogP contribution in [-0.4, -0.2) is 17.4 Å². The summed E-state index contributed by atoms with van der Waals surface area (Å²) in [6.45, 7) is 1.10. The summed E-state index contributed by atoms with van der Waals surface area (Å²) in [5.41, 5.74) is 6.30. The van der Waals surface area contributed by atoms with Gasteiger partial charge in [-0.25, -0.2) is 0 Å². The van der Waals surface area contributed by atoms with Crippen molar-refractivity contribution in [2.45, 2.75) is 38.6 Å². The smallest absolute Gasteiger partial charge is 0.269 e. The number of nitrogens with zero attached hydrogens (tertiary/aromatic N) is 1. The van der Waals surface area contributed by atoms with Crippen molar-refractivity contribution >= 4 is 24.0 Å². The van der Waals surface area contributed by atoms with Gasteiger partial charge in [-0.1, -0.05) is 25.0 Å². The lowest BCUT2D eigenvalue weighted by atomic mass is 10.1. The van der Waals surface area contributed by atoms with Crippen molar-refractivity contribution in [3.8, 4) is 0 Å². The normalized spacial score (nSPS) is 9.76. The second kappa shape index (κ2) is 11.0. The molecule has 3 N–H and O–H groups in total. The third kappa shape index (κ3) is 8.27. The Hall–Kier alpha value is -1.66. The van der Waals surface area contributed by atoms with E-state index in [9.17, 15) is 14.9 Å². The van der Waals surface area contributed by atoms with E-state index in [-0.39, 0.29) is 24.0 Å². The number of nitro groups is 1. The summed E-state index contributed by atoms with van der Waals surface area (Å²) in [7, 11) is 0. The molecule has 0 saturated carbocycles. The average molecular weight is 316 g/mol. The van der Waals surface area contributed by atoms with Gasteiger partial charge in [0.15, 0.2) is 0 Å². The van der Waals surface area contributed by atoms with Crippen LogP contribution in [0, 0.1) is 10.1 Å². The van der Waals surface area contributed by atoms with Crippen molar-refractivity contribution in [1.82, 2.24) is 5.32 Å². The first kappa shape index (κ1) is 19.3. The highest BCUT2D eigenvalue weighted by molar-refractivity contribution is 5.85. The fourth-order valence-corrected chi connectivity index (χ4v) is 1.81. The Bertz CT molecular complexity index is 438. The standard InChI is InChI=1S/C14H21N3O3.ClH/c15-10-4-2-1-3-5-14(18)16-11-12-6-8-13(9-7-12)17(19)20;/h6-9H,1-5,10-11,15H2,(H,16,18);1H. The van der Waals surface area contributed by atoms with Crippen LogP contribution in [0.2, 0.25) is 0 Å². The van der Waals surface area contributed by atoms with Crippen molar-refractivity contribution in [2.75, 3.05) is 6.54 Å². The Morgan fingerprint density at radius 2 is 1.76 bits per heavy atom. The molecule has 1 aromatic rings. The number of halogens is 1. The highest BCUT2D eigenvalue weighted by atomic mass is 35.5. The summed E-state index contributed by atoms with van der Waals surface area (Å²) in [6.07, 6.45) is 4.46. The number of nitrogens with two attached hydrogens (primary N) is 1. The molecule has 0 bridgehead atoms. The van der Waals surface area contributed by atoms with Gasteiger partial charge in [-0.3, -0.25) is 14.9 Å². The maximum atomic E-state index is 11.6. The summed E-state index contributed by atoms with van der Waals surface area (Å²) in [4.78, 5) is 21.6. The molecule has 0 aliphatic heterocycles. The van der Waals surface area contributed by atoms with Crippen molar-refractivity contribution in [3.05, 3.63) is 39.9 Å². The number of carbonyl (C=O) groups excluding carboxylic acids is 1. The number of non-ortho nitro benzene ring substituents is 1. The van der Waals surface area contributed by atoms with E-state index in [4.69, 9.17) is 5.73 Å². The SMILES string of the molecule is Cl.NCCCCCCC(=O)NCc1ccc([N+](=O)[O-])cc1. The van der Waals surface area contributed by atoms with Gasteiger partial charge >= 0.3 is 0 Å². The third-order valence-electron chi connectivity index (χ3n) is 2.99. The van der Waals surface area contributed by atoms with Crippen LogP contribution < -0.4 is 11.1 Å². The molecule has 0 atom stereocenters. The van der Waals surface area contributed by atoms with E-state index in [0.717, 1.165) is 31.2 Å². The molecule has 0 fully saturated rings. The van der Waals surface area contributed by atoms with Gasteiger partial charge in [-0.15, -0.1) is 12.4 Å². The Kier molecular flexibility index (Phi) is 10.2. The number of hydrogen-bond acceptors (Lipinski definition) is 4. The molecule has 6 nitrogen and oxygen atoms in total. The maximum Gasteiger partial charge on any atom is 0.269 e. The van der Waals surface area contributed by atoms with E-state index in [1.54, 1.807) is 12.1 Å². The molecule has 0 spiro atoms. The minimum absolute atomic E-state index is 0. The summed E-state index contributed by atoms with van der Waals surface area (Å²) in [6, 6.07) is 6.18. The molecule has 0 saturated heterocycles. The average Bonchev–Trinajstić information content (AvgIpc) is 2.45. The molecular weight excluding hydrogens is 294 g/mol. The van der Waals surface area contributed by atoms with Crippen LogP contribution in [0.4, 0.5) is 5.69 Å². The quantitative estimate of drug-likeness (QED) is 0.415. The summed E-state index contributed by atoms with van der Waals surface area (Å²) in [5, 5.41) is 13.3. The van der Waals surface area contributed by atoms with E-state index < -0.39 is 4.92 Å². The van der Waals surface area contributed by atoms with Crippen LogP contribution >= 0.6 is 12.4 Å². The van der Waals surface area contributed by atoms with E-state index in [1.165, 1.54) is 12.1 Å². The Morgan fingerprint density at radius 1 is 1.14 bits per heavy atom. The highest BCUT2D eigenvalue weighted by Gasteiger charge is 2.05. The zero-order valence-corrected chi connectivity index (χ0v) is 12.7. The second-order valence-electron chi connectivity index (χ2n) is 4.65. The summed E-state index contributed by atoms with van der Waals surface area (Å²) >= 11 is 0. The summed E-state index contributed by atoms with van der Waals surface area (Å²) < 4.78 is 0. The molecular formula is C14H22ClN3O3. The number of hydrogen-bond donors (Lipinski definition) is 2. The lowest BCUT2D eigenvalue weighted by molar-refractivity contribution is -0.384. The van der Waals surface area contributed by atoms with Crippen molar-refractivity contribution in [3.63, 3.8) is 0 Å². The van der Waals surface area contributed by atoms with E-state index >= 15 is 0 Å². The zero-order valence-electron chi connectivity index (χ0n) is 11.9. The lowest BCUT2D eigenvalue weighted by Crippen LogP contribution is -2.22. The number of nitrogens with one attached hydrogen (secondary N) is 1. The third-order valence-corrected chi connectivity index (χ3v) is 2.99. The van der Waals surface area contributed by atoms with Gasteiger partial charge in [0, 0.05) is 25.1 Å². The topological polar surface area (TPSA) is 98.3 Å². The first-order valence-electron chi connectivity index (χ1n) is 6.83. The van der Waals surface area contributed by atoms with Gasteiger partial charge in [0.05, 0.1) is 4.92 Å². The minimum Gasteiger partial charge on any atom is -0.352 e. The zero-order chi connectivity index (χ0) is 14.8. The van der Waals surface area contributed by atoms with Gasteiger partial charge in [0.25, 0.3) is 5.69 Å². The summed E-state index contributed by atoms with van der Waals surface area (Å²) in [5.74, 6) is 0.0103. The molecule has 0 radical (unpaired) electrons. The first-order valence-corrected chi connectivity index (χ1v) is 6.83. The molecule has 1 amide bonds. The van der Waals surface area contributed by atoms with Gasteiger partial charge in [-0.2, -0.15) is 0 Å². The molecule has 118 valence electrons. The molecule has 1 aromatic carbocycles. The minimum atomic E-state index is -0.441. The largest absolute Gasteiger partial charge is 0.352 e. The van der Waals surface area contributed by atoms with E-state index in [1.807, 2.05) is 0 Å². The molecule has 0 unspecified atom stereocenters. The van der Waals surface area contributed by atoms with Crippen molar-refractivity contribution in [2.24, 2.45) is 5.73 Å². The molecule has 1 rings (SSSR count). The predicted molar refractivity (Wildman–Crippen MR) is 84.3 cm³/mol. The Balaban J connectivity index is 0.00000400. The van der Waals surface area contributed by atoms with Crippen LogP contribution in [0.5, 0.6) is 0 Å². The maximum absolute atomic E-state index is 11.6. The van der Waals surface area contributed by atoms with Gasteiger partial charge in [0.1, 0.15) is 0 Å². The molecule has 21 heavy (non-hydrogen) atoms. The molecule has 0 aliphatic rings. The van der Waals surface area contributed by atoms with Gasteiger partial charge in [-0.05, 0) is 24.9 Å². The fourth-order valence-electron chi connectivity index (χ4n) is 1.81. The second-order valence-corrected chi connectivity index (χ2v) is 4.65. The number of benzene rings is 1. The number of rotatable bonds is 9. The first-order chi connectivity index (χ1) is 9.63. The number of carbonyl (C=O) groups is 1. The van der Waals surface area contributed by atoms with E-state index in [0.29, 0.717) is 19.5 Å². The van der Waals surface area contributed by atoms with Crippen LogP contribution in [0.1, 0.15) is 37.7 Å². The van der Waals surface area contributed by atoms with Crippen LogP contribution in [0.15, 0.2) is 24.3 Å². The molecule has 7 heteroatoms. The highest BCUT2D eigenvalue weighted by Crippen LogP contribution is 2.11. The number of unbranched alkanes of at least 4 members (excludes halogenated alkanes) is 3. The van der Waals surface area contributed by atoms with Crippen molar-refractivity contribution < 1.29 is 9.72 Å². The number of amides is 1. The molecule has 0 aromatic heterocycles. The number of nitro benzene ring substituents is 1. The lowest BCUT2D eigenvalue weighted by Gasteiger charge is -2.05. The van der Waals surface area contributed by atoms with Crippen LogP contribution in [0.25, 0.3) is 0 Å². The van der Waals surface area contributed by atoms with E-state index in [2.05, 4.69) is 5.32 Å². The van der Waals surface area contributed by atoms with Crippen LogP contribution in [-0.2, 0) is 11.3 Å². The fraction of sp³-hybridized carbons (Fsp3) is 0.500. The molecule has 0 heterocycles. The van der Waals surface area contributed by atoms with Crippen LogP contribution in [0.3, 0.4) is 0 Å². The predicted octanol–water partition coefficient (Wildman–Crippen LogP) is 2.54. The Labute approximate surface area is 130 Å². The van der Waals surface area contributed by atoms with Crippen molar-refractivity contribution in [1.29, 1.82) is 0 Å².